The molecule has 1 aliphatic heterocycles. The maximum absolute atomic E-state index is 12.8. The number of aromatic amines is 1. The lowest BCUT2D eigenvalue weighted by molar-refractivity contribution is 0.0729. The minimum absolute atomic E-state index is 0.0396. The molecule has 0 radical (unpaired) electrons. The number of aromatic nitrogens is 1. The monoisotopic (exact) mass is 306 g/mol. The lowest BCUT2D eigenvalue weighted by Crippen LogP contribution is -2.36. The molecule has 0 saturated carbocycles. The number of rotatable bonds is 2. The van der Waals surface area contributed by atoms with Gasteiger partial charge >= 0.3 is 0 Å². The fourth-order valence-corrected chi connectivity index (χ4v) is 3.25. The van der Waals surface area contributed by atoms with Gasteiger partial charge in [-0.2, -0.15) is 0 Å². The molecule has 2 heterocycles. The van der Waals surface area contributed by atoms with E-state index < -0.39 is 0 Å². The Morgan fingerprint density at radius 1 is 1.13 bits per heavy atom. The quantitative estimate of drug-likeness (QED) is 0.789. The van der Waals surface area contributed by atoms with Crippen molar-refractivity contribution in [3.63, 3.8) is 0 Å². The Morgan fingerprint density at radius 2 is 1.96 bits per heavy atom. The highest BCUT2D eigenvalue weighted by Gasteiger charge is 2.23. The van der Waals surface area contributed by atoms with Gasteiger partial charge in [0.2, 0.25) is 0 Å². The molecule has 1 aromatic heterocycles. The van der Waals surface area contributed by atoms with Crippen LogP contribution in [0.2, 0.25) is 0 Å². The van der Waals surface area contributed by atoms with Gasteiger partial charge in [-0.25, -0.2) is 0 Å². The fraction of sp³-hybridized carbons (Fsp3) is 0.211. The Kier molecular flexibility index (Phi) is 3.30. The highest BCUT2D eigenvalue weighted by molar-refractivity contribution is 5.99. The van der Waals surface area contributed by atoms with Gasteiger partial charge in [-0.15, -0.1) is 0 Å². The topological polar surface area (TPSA) is 45.3 Å². The van der Waals surface area contributed by atoms with Crippen molar-refractivity contribution in [2.24, 2.45) is 0 Å². The van der Waals surface area contributed by atoms with Crippen molar-refractivity contribution in [2.75, 3.05) is 13.7 Å². The van der Waals surface area contributed by atoms with Gasteiger partial charge in [0.1, 0.15) is 11.4 Å². The molecule has 1 N–H and O–H groups in total. The van der Waals surface area contributed by atoms with Gasteiger partial charge in [-0.05, 0) is 29.7 Å². The van der Waals surface area contributed by atoms with E-state index in [9.17, 15) is 4.79 Å². The van der Waals surface area contributed by atoms with Gasteiger partial charge < -0.3 is 14.6 Å². The van der Waals surface area contributed by atoms with Crippen molar-refractivity contribution in [3.05, 3.63) is 65.4 Å². The summed E-state index contributed by atoms with van der Waals surface area (Å²) in [5.41, 5.74) is 4.07. The first-order valence-electron chi connectivity index (χ1n) is 7.78. The van der Waals surface area contributed by atoms with E-state index >= 15 is 0 Å². The summed E-state index contributed by atoms with van der Waals surface area (Å²) in [6, 6.07) is 16.0. The number of benzene rings is 2. The van der Waals surface area contributed by atoms with E-state index in [2.05, 4.69) is 23.2 Å². The lowest BCUT2D eigenvalue weighted by atomic mass is 10.00. The number of carbonyl (C=O) groups is 1. The fourth-order valence-electron chi connectivity index (χ4n) is 3.25. The number of amides is 1. The van der Waals surface area contributed by atoms with Crippen LogP contribution in [-0.2, 0) is 13.0 Å². The first kappa shape index (κ1) is 13.9. The Morgan fingerprint density at radius 3 is 2.78 bits per heavy atom. The van der Waals surface area contributed by atoms with Crippen molar-refractivity contribution in [1.82, 2.24) is 9.88 Å². The third-order valence-electron chi connectivity index (χ3n) is 4.49. The molecule has 4 nitrogen and oxygen atoms in total. The van der Waals surface area contributed by atoms with Crippen molar-refractivity contribution in [2.45, 2.75) is 13.0 Å². The highest BCUT2D eigenvalue weighted by atomic mass is 16.5. The average Bonchev–Trinajstić information content (AvgIpc) is 3.04. The molecule has 1 amide bonds. The highest BCUT2D eigenvalue weighted by Crippen LogP contribution is 2.27. The zero-order valence-corrected chi connectivity index (χ0v) is 13.0. The number of H-pyrrole nitrogens is 1. The van der Waals surface area contributed by atoms with E-state index in [-0.39, 0.29) is 5.91 Å². The van der Waals surface area contributed by atoms with Crippen molar-refractivity contribution in [3.8, 4) is 5.75 Å². The Balaban J connectivity index is 1.65. The molecular weight excluding hydrogens is 288 g/mol. The van der Waals surface area contributed by atoms with E-state index in [1.807, 2.05) is 35.2 Å². The molecular formula is C19H18N2O2. The van der Waals surface area contributed by atoms with Gasteiger partial charge in [0, 0.05) is 18.5 Å². The maximum atomic E-state index is 12.8. The molecule has 0 unspecified atom stereocenters. The van der Waals surface area contributed by atoms with E-state index in [0.717, 1.165) is 29.6 Å². The van der Waals surface area contributed by atoms with E-state index in [1.54, 1.807) is 7.11 Å². The van der Waals surface area contributed by atoms with Crippen LogP contribution in [0.4, 0.5) is 0 Å². The molecule has 0 fully saturated rings. The molecule has 0 aliphatic carbocycles. The summed E-state index contributed by atoms with van der Waals surface area (Å²) < 4.78 is 5.36. The van der Waals surface area contributed by atoms with Crippen LogP contribution in [0.15, 0.2) is 48.5 Å². The lowest BCUT2D eigenvalue weighted by Gasteiger charge is -2.28. The van der Waals surface area contributed by atoms with Crippen LogP contribution >= 0.6 is 0 Å². The summed E-state index contributed by atoms with van der Waals surface area (Å²) >= 11 is 0. The number of nitrogens with one attached hydrogen (secondary N) is 1. The molecule has 4 heteroatoms. The molecule has 4 rings (SSSR count). The van der Waals surface area contributed by atoms with E-state index in [4.69, 9.17) is 4.74 Å². The maximum Gasteiger partial charge on any atom is 0.270 e. The second-order valence-electron chi connectivity index (χ2n) is 5.85. The number of fused-ring (bicyclic) bond motifs is 2. The minimum Gasteiger partial charge on any atom is -0.495 e. The number of hydrogen-bond donors (Lipinski definition) is 1. The molecule has 116 valence electrons. The largest absolute Gasteiger partial charge is 0.495 e. The zero-order valence-electron chi connectivity index (χ0n) is 13.0. The van der Waals surface area contributed by atoms with Gasteiger partial charge in [0.25, 0.3) is 5.91 Å². The standard InChI is InChI=1S/C19H18N2O2/c1-23-17-8-4-7-14-11-16(20-18(14)17)19(22)21-10-9-13-5-2-3-6-15(13)12-21/h2-8,11,20H,9-10,12H2,1H3. The summed E-state index contributed by atoms with van der Waals surface area (Å²) in [4.78, 5) is 18.0. The van der Waals surface area contributed by atoms with Crippen LogP contribution in [-0.4, -0.2) is 29.4 Å². The minimum atomic E-state index is 0.0396. The normalized spacial score (nSPS) is 13.9. The average molecular weight is 306 g/mol. The second kappa shape index (κ2) is 5.47. The predicted molar refractivity (Wildman–Crippen MR) is 89.7 cm³/mol. The number of carbonyl (C=O) groups excluding carboxylic acids is 1. The summed E-state index contributed by atoms with van der Waals surface area (Å²) in [6.45, 7) is 1.42. The van der Waals surface area contributed by atoms with Crippen LogP contribution in [0.25, 0.3) is 10.9 Å². The number of methoxy groups -OCH3 is 1. The van der Waals surface area contributed by atoms with Gasteiger partial charge in [0.05, 0.1) is 12.6 Å². The molecule has 1 aliphatic rings. The Bertz CT molecular complexity index is 882. The number of para-hydroxylation sites is 1. The molecule has 3 aromatic rings. The third kappa shape index (κ3) is 2.36. The summed E-state index contributed by atoms with van der Waals surface area (Å²) in [5.74, 6) is 0.795. The van der Waals surface area contributed by atoms with Gasteiger partial charge in [-0.3, -0.25) is 4.79 Å². The summed E-state index contributed by atoms with van der Waals surface area (Å²) in [7, 11) is 1.64. The van der Waals surface area contributed by atoms with Crippen molar-refractivity contribution >= 4 is 16.8 Å². The first-order valence-corrected chi connectivity index (χ1v) is 7.78. The summed E-state index contributed by atoms with van der Waals surface area (Å²) in [5, 5.41) is 0.991. The van der Waals surface area contributed by atoms with Crippen molar-refractivity contribution < 1.29 is 9.53 Å². The van der Waals surface area contributed by atoms with Gasteiger partial charge in [-0.1, -0.05) is 36.4 Å². The van der Waals surface area contributed by atoms with Crippen LogP contribution in [0.1, 0.15) is 21.6 Å². The second-order valence-corrected chi connectivity index (χ2v) is 5.85. The van der Waals surface area contributed by atoms with Crippen LogP contribution < -0.4 is 4.74 Å². The van der Waals surface area contributed by atoms with E-state index in [0.29, 0.717) is 12.2 Å². The predicted octanol–water partition coefficient (Wildman–Crippen LogP) is 3.38. The smallest absolute Gasteiger partial charge is 0.270 e. The number of hydrogen-bond acceptors (Lipinski definition) is 2. The molecule has 2 aromatic carbocycles. The molecule has 0 spiro atoms. The van der Waals surface area contributed by atoms with Crippen LogP contribution in [0, 0.1) is 0 Å². The van der Waals surface area contributed by atoms with Crippen LogP contribution in [0.5, 0.6) is 5.75 Å². The molecule has 23 heavy (non-hydrogen) atoms. The Hall–Kier alpha value is -2.75. The molecule has 0 atom stereocenters. The number of nitrogens with zero attached hydrogens (tertiary/aromatic N) is 1. The van der Waals surface area contributed by atoms with Crippen LogP contribution in [0.3, 0.4) is 0 Å². The molecule has 0 bridgehead atoms. The zero-order chi connectivity index (χ0) is 15.8. The number of ether oxygens (including phenoxy) is 1. The van der Waals surface area contributed by atoms with Gasteiger partial charge in [0.15, 0.2) is 0 Å². The third-order valence-corrected chi connectivity index (χ3v) is 4.49. The van der Waals surface area contributed by atoms with E-state index in [1.165, 1.54) is 11.1 Å². The summed E-state index contributed by atoms with van der Waals surface area (Å²) in [6.07, 6.45) is 0.908. The molecule has 0 saturated heterocycles. The Labute approximate surface area is 134 Å². The SMILES string of the molecule is COc1cccc2cc(C(=O)N3CCc4ccccc4C3)[nH]c12. The van der Waals surface area contributed by atoms with Crippen molar-refractivity contribution in [1.29, 1.82) is 0 Å². The first-order chi connectivity index (χ1) is 11.3.